The SMILES string of the molecule is CN(c1ncc(-c2cc3ccncc3cc2O)nn1)[C@H]1C[C@@H]2C=C[C@@](C)(N2)[C@@H]1F. The molecule has 1 fully saturated rings. The van der Waals surface area contributed by atoms with Crippen molar-refractivity contribution in [1.29, 1.82) is 0 Å². The number of aromatic nitrogens is 4. The van der Waals surface area contributed by atoms with E-state index in [1.807, 2.05) is 31.2 Å². The number of anilines is 1. The molecule has 1 saturated heterocycles. The number of pyridine rings is 1. The summed E-state index contributed by atoms with van der Waals surface area (Å²) in [7, 11) is 1.79. The molecule has 8 heteroatoms. The Balaban J connectivity index is 1.43. The summed E-state index contributed by atoms with van der Waals surface area (Å²) in [5, 5.41) is 23.9. The quantitative estimate of drug-likeness (QED) is 0.663. The lowest BCUT2D eigenvalue weighted by atomic mass is 9.86. The number of rotatable bonds is 3. The molecule has 29 heavy (non-hydrogen) atoms. The van der Waals surface area contributed by atoms with Gasteiger partial charge in [0.25, 0.3) is 0 Å². The zero-order chi connectivity index (χ0) is 20.2. The number of hydrogen-bond acceptors (Lipinski definition) is 7. The molecule has 7 nitrogen and oxygen atoms in total. The number of aromatic hydroxyl groups is 1. The molecule has 4 atom stereocenters. The van der Waals surface area contributed by atoms with Crippen LogP contribution in [0.2, 0.25) is 0 Å². The maximum Gasteiger partial charge on any atom is 0.245 e. The molecule has 148 valence electrons. The lowest BCUT2D eigenvalue weighted by molar-refractivity contribution is 0.128. The summed E-state index contributed by atoms with van der Waals surface area (Å²) in [4.78, 5) is 10.2. The molecule has 5 rings (SSSR count). The molecule has 0 amide bonds. The Morgan fingerprint density at radius 3 is 2.90 bits per heavy atom. The van der Waals surface area contributed by atoms with Crippen molar-refractivity contribution < 1.29 is 9.50 Å². The molecule has 0 aliphatic carbocycles. The van der Waals surface area contributed by atoms with Gasteiger partial charge in [-0.1, -0.05) is 12.2 Å². The van der Waals surface area contributed by atoms with Crippen LogP contribution in [0, 0.1) is 0 Å². The zero-order valence-electron chi connectivity index (χ0n) is 16.1. The van der Waals surface area contributed by atoms with Gasteiger partial charge in [0.2, 0.25) is 5.95 Å². The van der Waals surface area contributed by atoms with Crippen LogP contribution in [-0.4, -0.2) is 56.1 Å². The molecule has 0 spiro atoms. The van der Waals surface area contributed by atoms with Crippen molar-refractivity contribution in [3.63, 3.8) is 0 Å². The zero-order valence-corrected chi connectivity index (χ0v) is 16.1. The summed E-state index contributed by atoms with van der Waals surface area (Å²) >= 11 is 0. The van der Waals surface area contributed by atoms with Crippen molar-refractivity contribution in [3.05, 3.63) is 48.9 Å². The maximum absolute atomic E-state index is 15.1. The summed E-state index contributed by atoms with van der Waals surface area (Å²) in [6.07, 6.45) is 8.43. The molecule has 3 aromatic rings. The topological polar surface area (TPSA) is 87.1 Å². The number of nitrogens with one attached hydrogen (secondary N) is 1. The highest BCUT2D eigenvalue weighted by Gasteiger charge is 2.49. The fourth-order valence-corrected chi connectivity index (χ4v) is 4.29. The van der Waals surface area contributed by atoms with Gasteiger partial charge >= 0.3 is 0 Å². The van der Waals surface area contributed by atoms with E-state index in [2.05, 4.69) is 25.5 Å². The van der Waals surface area contributed by atoms with Crippen LogP contribution in [0.3, 0.4) is 0 Å². The number of halogens is 1. The number of fused-ring (bicyclic) bond motifs is 3. The molecule has 0 unspecified atom stereocenters. The summed E-state index contributed by atoms with van der Waals surface area (Å²) < 4.78 is 15.1. The Hall–Kier alpha value is -3.13. The summed E-state index contributed by atoms with van der Waals surface area (Å²) in [5.41, 5.74) is 0.327. The summed E-state index contributed by atoms with van der Waals surface area (Å²) in [6.45, 7) is 1.87. The molecule has 4 heterocycles. The van der Waals surface area contributed by atoms with Crippen LogP contribution in [0.4, 0.5) is 10.3 Å². The van der Waals surface area contributed by atoms with E-state index in [0.717, 1.165) is 10.8 Å². The number of phenols is 1. The first-order valence-electron chi connectivity index (χ1n) is 9.55. The molecule has 1 aromatic carbocycles. The molecule has 0 saturated carbocycles. The van der Waals surface area contributed by atoms with E-state index < -0.39 is 11.7 Å². The van der Waals surface area contributed by atoms with Gasteiger partial charge in [-0.3, -0.25) is 10.3 Å². The average Bonchev–Trinajstić information content (AvgIpc) is 3.07. The second-order valence-corrected chi connectivity index (χ2v) is 7.94. The van der Waals surface area contributed by atoms with Gasteiger partial charge in [-0.05, 0) is 36.9 Å². The molecule has 2 aromatic heterocycles. The standard InChI is InChI=1S/C21H21FN6O/c1-21-5-3-14(25-21)9-17(19(21)22)28(2)20-24-11-16(26-27-20)15-7-12-4-6-23-10-13(12)8-18(15)29/h3-8,10-11,14,17,19,25,29H,9H2,1-2H3/t14-,17-,19+,21+/m0/s1. The number of piperidine rings is 1. The fraction of sp³-hybridized carbons (Fsp3) is 0.333. The fourth-order valence-electron chi connectivity index (χ4n) is 4.29. The molecule has 2 aliphatic heterocycles. The highest BCUT2D eigenvalue weighted by atomic mass is 19.1. The van der Waals surface area contributed by atoms with Crippen LogP contribution in [-0.2, 0) is 0 Å². The van der Waals surface area contributed by atoms with E-state index >= 15 is 4.39 Å². The molecule has 0 radical (unpaired) electrons. The van der Waals surface area contributed by atoms with Gasteiger partial charge in [0, 0.05) is 36.4 Å². The maximum atomic E-state index is 15.1. The predicted octanol–water partition coefficient (Wildman–Crippen LogP) is 2.63. The minimum Gasteiger partial charge on any atom is -0.507 e. The minimum atomic E-state index is -1.09. The van der Waals surface area contributed by atoms with Crippen molar-refractivity contribution >= 4 is 16.7 Å². The molecule has 2 N–H and O–H groups in total. The molecule has 2 bridgehead atoms. The van der Waals surface area contributed by atoms with Gasteiger partial charge in [-0.25, -0.2) is 9.37 Å². The Morgan fingerprint density at radius 1 is 1.24 bits per heavy atom. The normalized spacial score (nSPS) is 28.0. The van der Waals surface area contributed by atoms with Crippen molar-refractivity contribution in [2.75, 3.05) is 11.9 Å². The third-order valence-electron chi connectivity index (χ3n) is 5.97. The van der Waals surface area contributed by atoms with E-state index in [1.165, 1.54) is 0 Å². The van der Waals surface area contributed by atoms with E-state index in [-0.39, 0.29) is 17.8 Å². The number of benzene rings is 1. The van der Waals surface area contributed by atoms with Gasteiger partial charge in [0.1, 0.15) is 17.6 Å². The smallest absolute Gasteiger partial charge is 0.245 e. The number of nitrogens with zero attached hydrogens (tertiary/aromatic N) is 5. The van der Waals surface area contributed by atoms with E-state index in [9.17, 15) is 5.11 Å². The van der Waals surface area contributed by atoms with Crippen LogP contribution in [0.1, 0.15) is 13.3 Å². The number of phenolic OH excluding ortho intramolecular Hbond substituents is 1. The van der Waals surface area contributed by atoms with Crippen LogP contribution in [0.5, 0.6) is 5.75 Å². The highest BCUT2D eigenvalue weighted by Crippen LogP contribution is 2.36. The van der Waals surface area contributed by atoms with Crippen LogP contribution >= 0.6 is 0 Å². The predicted molar refractivity (Wildman–Crippen MR) is 108 cm³/mol. The monoisotopic (exact) mass is 392 g/mol. The van der Waals surface area contributed by atoms with Gasteiger partial charge in [-0.15, -0.1) is 10.2 Å². The van der Waals surface area contributed by atoms with Crippen LogP contribution < -0.4 is 10.2 Å². The van der Waals surface area contributed by atoms with E-state index in [4.69, 9.17) is 0 Å². The van der Waals surface area contributed by atoms with Crippen molar-refractivity contribution in [1.82, 2.24) is 25.5 Å². The second kappa shape index (κ2) is 6.45. The Morgan fingerprint density at radius 2 is 2.10 bits per heavy atom. The molecular formula is C21H21FN6O. The lowest BCUT2D eigenvalue weighted by Crippen LogP contribution is -2.62. The Bertz CT molecular complexity index is 1100. The van der Waals surface area contributed by atoms with Gasteiger partial charge in [0.15, 0.2) is 0 Å². The Labute approximate surface area is 167 Å². The average molecular weight is 392 g/mol. The van der Waals surface area contributed by atoms with Crippen LogP contribution in [0.15, 0.2) is 48.9 Å². The van der Waals surface area contributed by atoms with E-state index in [1.54, 1.807) is 36.6 Å². The lowest BCUT2D eigenvalue weighted by Gasteiger charge is -2.43. The van der Waals surface area contributed by atoms with Gasteiger partial charge < -0.3 is 10.0 Å². The number of hydrogen-bond donors (Lipinski definition) is 2. The second-order valence-electron chi connectivity index (χ2n) is 7.94. The van der Waals surface area contributed by atoms with Crippen molar-refractivity contribution in [2.24, 2.45) is 0 Å². The largest absolute Gasteiger partial charge is 0.507 e. The van der Waals surface area contributed by atoms with E-state index in [0.29, 0.717) is 23.6 Å². The first-order valence-corrected chi connectivity index (χ1v) is 9.55. The first kappa shape index (κ1) is 17.9. The molecular weight excluding hydrogens is 371 g/mol. The van der Waals surface area contributed by atoms with Gasteiger partial charge in [-0.2, -0.15) is 0 Å². The van der Waals surface area contributed by atoms with Crippen molar-refractivity contribution in [2.45, 2.75) is 37.1 Å². The Kier molecular flexibility index (Phi) is 3.99. The third kappa shape index (κ3) is 2.91. The third-order valence-corrected chi connectivity index (χ3v) is 5.97. The summed E-state index contributed by atoms with van der Waals surface area (Å²) in [6, 6.07) is 5.13. The van der Waals surface area contributed by atoms with Gasteiger partial charge in [0.05, 0.1) is 17.8 Å². The first-order chi connectivity index (χ1) is 13.9. The minimum absolute atomic E-state index is 0.0838. The van der Waals surface area contributed by atoms with Crippen LogP contribution in [0.25, 0.3) is 22.0 Å². The number of alkyl halides is 1. The molecule has 2 aliphatic rings. The van der Waals surface area contributed by atoms with Crippen molar-refractivity contribution in [3.8, 4) is 17.0 Å². The summed E-state index contributed by atoms with van der Waals surface area (Å²) in [5.74, 6) is 0.441. The highest BCUT2D eigenvalue weighted by molar-refractivity contribution is 5.89.